The summed E-state index contributed by atoms with van der Waals surface area (Å²) in [5.74, 6) is 1.05. The molecule has 2 amide bonds. The Morgan fingerprint density at radius 3 is 2.71 bits per heavy atom. The standard InChI is InChI=1S/C27H36FN7O3/c1-37-24-7-3-6-21(28)20(24)15-34-8-4-5-18(14-34)35-13-16-9-19-23(10-22(16)31-27(35)36)32-33-25(19)17-11-29-26(38-2)30-12-17/h3,6-7,11-12,16,18-19,22-23,25,32-33H,4-5,8-10,13-15H2,1-2H3,(H,31,36)/t16?,18-,19?,22?,23?,25?/m1/s1. The summed E-state index contributed by atoms with van der Waals surface area (Å²) in [5, 5.41) is 3.32. The molecular formula is C27H36FN7O3. The summed E-state index contributed by atoms with van der Waals surface area (Å²) in [6, 6.07) is 5.97. The Morgan fingerprint density at radius 1 is 1.08 bits per heavy atom. The zero-order valence-corrected chi connectivity index (χ0v) is 21.9. The minimum absolute atomic E-state index is 0.0195. The van der Waals surface area contributed by atoms with Gasteiger partial charge in [-0.2, -0.15) is 0 Å². The van der Waals surface area contributed by atoms with Gasteiger partial charge >= 0.3 is 12.0 Å². The van der Waals surface area contributed by atoms with E-state index in [2.05, 4.69) is 31.0 Å². The summed E-state index contributed by atoms with van der Waals surface area (Å²) >= 11 is 0. The number of carbonyl (C=O) groups excluding carboxylic acids is 1. The maximum atomic E-state index is 14.6. The first-order valence-corrected chi connectivity index (χ1v) is 13.5. The lowest BCUT2D eigenvalue weighted by Crippen LogP contribution is -2.64. The van der Waals surface area contributed by atoms with E-state index in [1.54, 1.807) is 26.4 Å². The lowest BCUT2D eigenvalue weighted by Gasteiger charge is -2.49. The third kappa shape index (κ3) is 4.78. The molecule has 0 radical (unpaired) electrons. The fourth-order valence-corrected chi connectivity index (χ4v) is 6.89. The molecule has 3 N–H and O–H groups in total. The summed E-state index contributed by atoms with van der Waals surface area (Å²) in [4.78, 5) is 26.1. The van der Waals surface area contributed by atoms with Gasteiger partial charge in [0.2, 0.25) is 0 Å². The molecule has 6 rings (SSSR count). The first kappa shape index (κ1) is 25.3. The van der Waals surface area contributed by atoms with Crippen LogP contribution in [0, 0.1) is 17.7 Å². The molecule has 5 unspecified atom stereocenters. The molecule has 3 saturated heterocycles. The number of carbonyl (C=O) groups is 1. The molecule has 1 saturated carbocycles. The number of hydrazine groups is 1. The van der Waals surface area contributed by atoms with Crippen molar-refractivity contribution in [3.05, 3.63) is 47.5 Å². The molecule has 3 aliphatic heterocycles. The quantitative estimate of drug-likeness (QED) is 0.528. The number of nitrogens with zero attached hydrogens (tertiary/aromatic N) is 4. The second kappa shape index (κ2) is 10.6. The Balaban J connectivity index is 1.13. The van der Waals surface area contributed by atoms with E-state index in [4.69, 9.17) is 9.47 Å². The second-order valence-electron chi connectivity index (χ2n) is 10.9. The minimum atomic E-state index is -0.252. The summed E-state index contributed by atoms with van der Waals surface area (Å²) in [6.07, 6.45) is 7.46. The van der Waals surface area contributed by atoms with Crippen LogP contribution in [-0.2, 0) is 6.54 Å². The number of piperidine rings is 1. The lowest BCUT2D eigenvalue weighted by molar-refractivity contribution is 0.0519. The molecule has 204 valence electrons. The van der Waals surface area contributed by atoms with Crippen LogP contribution in [0.25, 0.3) is 0 Å². The van der Waals surface area contributed by atoms with Crippen molar-refractivity contribution in [3.8, 4) is 11.8 Å². The molecule has 6 atom stereocenters. The molecule has 0 bridgehead atoms. The number of aromatic nitrogens is 2. The molecule has 4 fully saturated rings. The Hall–Kier alpha value is -3.02. The topological polar surface area (TPSA) is 104 Å². The normalized spacial score (nSPS) is 31.3. The van der Waals surface area contributed by atoms with Crippen molar-refractivity contribution in [2.45, 2.75) is 56.4 Å². The van der Waals surface area contributed by atoms with Crippen LogP contribution in [0.3, 0.4) is 0 Å². The molecule has 4 aliphatic rings. The monoisotopic (exact) mass is 525 g/mol. The van der Waals surface area contributed by atoms with E-state index in [1.165, 1.54) is 6.07 Å². The van der Waals surface area contributed by atoms with Gasteiger partial charge < -0.3 is 19.7 Å². The van der Waals surface area contributed by atoms with Gasteiger partial charge in [0.25, 0.3) is 0 Å². The number of rotatable bonds is 6. The van der Waals surface area contributed by atoms with Crippen molar-refractivity contribution in [1.82, 2.24) is 35.9 Å². The number of hydrogen-bond acceptors (Lipinski definition) is 8. The van der Waals surface area contributed by atoms with Gasteiger partial charge in [-0.25, -0.2) is 24.6 Å². The second-order valence-corrected chi connectivity index (χ2v) is 10.9. The maximum absolute atomic E-state index is 14.6. The minimum Gasteiger partial charge on any atom is -0.496 e. The average molecular weight is 526 g/mol. The highest BCUT2D eigenvalue weighted by Gasteiger charge is 2.48. The number of nitrogens with one attached hydrogen (secondary N) is 3. The van der Waals surface area contributed by atoms with E-state index in [0.29, 0.717) is 35.7 Å². The van der Waals surface area contributed by atoms with Crippen molar-refractivity contribution in [2.24, 2.45) is 11.8 Å². The molecule has 38 heavy (non-hydrogen) atoms. The number of urea groups is 1. The van der Waals surface area contributed by atoms with Crippen molar-refractivity contribution >= 4 is 6.03 Å². The highest BCUT2D eigenvalue weighted by molar-refractivity contribution is 5.76. The van der Waals surface area contributed by atoms with E-state index in [9.17, 15) is 9.18 Å². The lowest BCUT2D eigenvalue weighted by atomic mass is 9.71. The largest absolute Gasteiger partial charge is 0.496 e. The number of halogens is 1. The SMILES string of the molecule is COc1ncc(C2NNC3CC4NC(=O)N([C@@H]5CCCN(Cc6c(F)cccc6OC)C5)CC4CC32)cn1. The molecule has 4 heterocycles. The predicted octanol–water partition coefficient (Wildman–Crippen LogP) is 2.24. The van der Waals surface area contributed by atoms with Crippen LogP contribution in [0.4, 0.5) is 9.18 Å². The van der Waals surface area contributed by atoms with Gasteiger partial charge in [-0.15, -0.1) is 0 Å². The van der Waals surface area contributed by atoms with E-state index < -0.39 is 0 Å². The van der Waals surface area contributed by atoms with Gasteiger partial charge in [0, 0.05) is 61.3 Å². The van der Waals surface area contributed by atoms with Crippen LogP contribution in [0.15, 0.2) is 30.6 Å². The Kier molecular flexibility index (Phi) is 7.07. The van der Waals surface area contributed by atoms with Gasteiger partial charge in [0.1, 0.15) is 11.6 Å². The Labute approximate surface area is 222 Å². The maximum Gasteiger partial charge on any atom is 0.317 e. The summed E-state index contributed by atoms with van der Waals surface area (Å²) in [7, 11) is 3.13. The van der Waals surface area contributed by atoms with Crippen molar-refractivity contribution in [3.63, 3.8) is 0 Å². The number of hydrogen-bond donors (Lipinski definition) is 3. The van der Waals surface area contributed by atoms with Gasteiger partial charge in [-0.3, -0.25) is 10.3 Å². The Morgan fingerprint density at radius 2 is 1.92 bits per heavy atom. The van der Waals surface area contributed by atoms with Crippen LogP contribution in [0.2, 0.25) is 0 Å². The molecule has 10 nitrogen and oxygen atoms in total. The predicted molar refractivity (Wildman–Crippen MR) is 138 cm³/mol. The number of ether oxygens (including phenoxy) is 2. The summed E-state index contributed by atoms with van der Waals surface area (Å²) in [5.41, 5.74) is 8.51. The fourth-order valence-electron chi connectivity index (χ4n) is 6.89. The summed E-state index contributed by atoms with van der Waals surface area (Å²) in [6.45, 7) is 2.82. The molecule has 11 heteroatoms. The van der Waals surface area contributed by atoms with Crippen LogP contribution in [0.5, 0.6) is 11.8 Å². The van der Waals surface area contributed by atoms with Gasteiger partial charge in [-0.05, 0) is 56.2 Å². The first-order chi connectivity index (χ1) is 18.5. The first-order valence-electron chi connectivity index (χ1n) is 13.5. The molecule has 1 aromatic heterocycles. The van der Waals surface area contributed by atoms with Crippen LogP contribution < -0.4 is 25.6 Å². The highest BCUT2D eigenvalue weighted by atomic mass is 19.1. The number of methoxy groups -OCH3 is 2. The van der Waals surface area contributed by atoms with Crippen LogP contribution >= 0.6 is 0 Å². The number of amides is 2. The number of likely N-dealkylation sites (tertiary alicyclic amines) is 1. The van der Waals surface area contributed by atoms with Gasteiger partial charge in [-0.1, -0.05) is 6.07 Å². The van der Waals surface area contributed by atoms with Crippen molar-refractivity contribution in [1.29, 1.82) is 0 Å². The number of benzene rings is 1. The molecule has 0 spiro atoms. The van der Waals surface area contributed by atoms with Crippen LogP contribution in [0.1, 0.15) is 42.9 Å². The molecular weight excluding hydrogens is 489 g/mol. The smallest absolute Gasteiger partial charge is 0.317 e. The fraction of sp³-hybridized carbons (Fsp3) is 0.593. The molecule has 2 aromatic rings. The summed E-state index contributed by atoms with van der Waals surface area (Å²) < 4.78 is 25.1. The van der Waals surface area contributed by atoms with E-state index in [1.807, 2.05) is 17.3 Å². The van der Waals surface area contributed by atoms with Crippen molar-refractivity contribution in [2.75, 3.05) is 33.9 Å². The van der Waals surface area contributed by atoms with Crippen molar-refractivity contribution < 1.29 is 18.7 Å². The molecule has 1 aliphatic carbocycles. The average Bonchev–Trinajstić information content (AvgIpc) is 3.35. The third-order valence-corrected chi connectivity index (χ3v) is 8.81. The third-order valence-electron chi connectivity index (χ3n) is 8.81. The zero-order valence-electron chi connectivity index (χ0n) is 21.9. The van der Waals surface area contributed by atoms with Gasteiger partial charge in [0.15, 0.2) is 0 Å². The van der Waals surface area contributed by atoms with E-state index >= 15 is 0 Å². The zero-order chi connectivity index (χ0) is 26.2. The highest BCUT2D eigenvalue weighted by Crippen LogP contribution is 2.42. The van der Waals surface area contributed by atoms with E-state index in [-0.39, 0.29) is 36.0 Å². The van der Waals surface area contributed by atoms with Gasteiger partial charge in [0.05, 0.1) is 20.3 Å². The Bertz CT molecular complexity index is 1150. The van der Waals surface area contributed by atoms with Crippen LogP contribution in [-0.4, -0.2) is 77.8 Å². The number of fused-ring (bicyclic) bond motifs is 2. The molecule has 1 aromatic carbocycles. The van der Waals surface area contributed by atoms with E-state index in [0.717, 1.165) is 50.9 Å².